The van der Waals surface area contributed by atoms with Crippen molar-refractivity contribution in [2.24, 2.45) is 0 Å². The standard InChI is InChI=1S/C24H21N3O3/c1-2-27-24(29)21-11-7-6-10-20(21)22(26-27)23(28)25-18-12-14-19(15-13-18)30-16-17-8-4-3-5-9-17/h3-15H,2,16H2,1H3,(H,25,28). The zero-order valence-electron chi connectivity index (χ0n) is 16.5. The lowest BCUT2D eigenvalue weighted by Crippen LogP contribution is -2.27. The summed E-state index contributed by atoms with van der Waals surface area (Å²) in [6, 6.07) is 24.1. The smallest absolute Gasteiger partial charge is 0.276 e. The Bertz CT molecular complexity index is 1230. The first-order valence-electron chi connectivity index (χ1n) is 9.73. The Kier molecular flexibility index (Phi) is 5.57. The number of carbonyl (C=O) groups excluding carboxylic acids is 1. The molecule has 1 N–H and O–H groups in total. The second-order valence-electron chi connectivity index (χ2n) is 6.77. The monoisotopic (exact) mass is 399 g/mol. The van der Waals surface area contributed by atoms with E-state index in [1.165, 1.54) is 4.68 Å². The van der Waals surface area contributed by atoms with Crippen LogP contribution in [-0.4, -0.2) is 15.7 Å². The predicted molar refractivity (Wildman–Crippen MR) is 117 cm³/mol. The first-order chi connectivity index (χ1) is 14.7. The van der Waals surface area contributed by atoms with Crippen molar-refractivity contribution in [3.05, 3.63) is 100 Å². The number of hydrogen-bond donors (Lipinski definition) is 1. The van der Waals surface area contributed by atoms with Gasteiger partial charge in [0.2, 0.25) is 0 Å². The zero-order valence-corrected chi connectivity index (χ0v) is 16.5. The van der Waals surface area contributed by atoms with E-state index in [2.05, 4.69) is 10.4 Å². The summed E-state index contributed by atoms with van der Waals surface area (Å²) in [4.78, 5) is 25.3. The van der Waals surface area contributed by atoms with Crippen LogP contribution in [0.1, 0.15) is 23.0 Å². The molecule has 0 aliphatic rings. The number of aromatic nitrogens is 2. The van der Waals surface area contributed by atoms with Crippen LogP contribution >= 0.6 is 0 Å². The average molecular weight is 399 g/mol. The molecule has 30 heavy (non-hydrogen) atoms. The lowest BCUT2D eigenvalue weighted by Gasteiger charge is -2.11. The third-order valence-electron chi connectivity index (χ3n) is 4.74. The Hall–Kier alpha value is -3.93. The first-order valence-corrected chi connectivity index (χ1v) is 9.73. The van der Waals surface area contributed by atoms with Crippen molar-refractivity contribution < 1.29 is 9.53 Å². The van der Waals surface area contributed by atoms with Gasteiger partial charge in [0, 0.05) is 17.6 Å². The van der Waals surface area contributed by atoms with Gasteiger partial charge in [-0.2, -0.15) is 5.10 Å². The number of carbonyl (C=O) groups is 1. The lowest BCUT2D eigenvalue weighted by molar-refractivity contribution is 0.102. The number of ether oxygens (including phenoxy) is 1. The number of aryl methyl sites for hydroxylation is 1. The molecular formula is C24H21N3O3. The Morgan fingerprint density at radius 2 is 1.60 bits per heavy atom. The SMILES string of the molecule is CCn1nc(C(=O)Nc2ccc(OCc3ccccc3)cc2)c2ccccc2c1=O. The molecule has 4 rings (SSSR count). The Morgan fingerprint density at radius 3 is 2.30 bits per heavy atom. The molecule has 6 heteroatoms. The zero-order chi connectivity index (χ0) is 20.9. The minimum atomic E-state index is -0.369. The number of hydrogen-bond acceptors (Lipinski definition) is 4. The summed E-state index contributed by atoms with van der Waals surface area (Å²) in [5.41, 5.74) is 1.71. The number of benzene rings is 3. The molecule has 0 radical (unpaired) electrons. The molecule has 0 fully saturated rings. The summed E-state index contributed by atoms with van der Waals surface area (Å²) in [7, 11) is 0. The van der Waals surface area contributed by atoms with Gasteiger partial charge in [0.25, 0.3) is 11.5 Å². The molecular weight excluding hydrogens is 378 g/mol. The number of nitrogens with zero attached hydrogens (tertiary/aromatic N) is 2. The fourth-order valence-corrected chi connectivity index (χ4v) is 3.18. The fraction of sp³-hybridized carbons (Fsp3) is 0.125. The number of fused-ring (bicyclic) bond motifs is 1. The summed E-state index contributed by atoms with van der Waals surface area (Å²) >= 11 is 0. The number of nitrogens with one attached hydrogen (secondary N) is 1. The van der Waals surface area contributed by atoms with Crippen LogP contribution in [0.2, 0.25) is 0 Å². The van der Waals surface area contributed by atoms with Crippen LogP contribution in [0.4, 0.5) is 5.69 Å². The molecule has 0 atom stereocenters. The number of amides is 1. The second-order valence-corrected chi connectivity index (χ2v) is 6.77. The van der Waals surface area contributed by atoms with Crippen molar-refractivity contribution in [3.8, 4) is 5.75 Å². The van der Waals surface area contributed by atoms with Gasteiger partial charge in [-0.15, -0.1) is 0 Å². The van der Waals surface area contributed by atoms with Gasteiger partial charge in [-0.05, 0) is 42.8 Å². The minimum Gasteiger partial charge on any atom is -0.489 e. The fourth-order valence-electron chi connectivity index (χ4n) is 3.18. The second kappa shape index (κ2) is 8.61. The van der Waals surface area contributed by atoms with Crippen molar-refractivity contribution in [2.75, 3.05) is 5.32 Å². The molecule has 0 spiro atoms. The summed E-state index contributed by atoms with van der Waals surface area (Å²) in [5.74, 6) is 0.339. The molecule has 150 valence electrons. The van der Waals surface area contributed by atoms with E-state index in [9.17, 15) is 9.59 Å². The molecule has 0 bridgehead atoms. The van der Waals surface area contributed by atoms with E-state index in [-0.39, 0.29) is 17.2 Å². The number of rotatable bonds is 6. The van der Waals surface area contributed by atoms with Crippen LogP contribution in [-0.2, 0) is 13.2 Å². The topological polar surface area (TPSA) is 73.2 Å². The van der Waals surface area contributed by atoms with Crippen molar-refractivity contribution in [1.29, 1.82) is 0 Å². The molecule has 0 unspecified atom stereocenters. The molecule has 6 nitrogen and oxygen atoms in total. The highest BCUT2D eigenvalue weighted by molar-refractivity contribution is 6.11. The maximum atomic E-state index is 12.9. The molecule has 0 aliphatic carbocycles. The maximum absolute atomic E-state index is 12.9. The van der Waals surface area contributed by atoms with E-state index in [0.29, 0.717) is 35.4 Å². The summed E-state index contributed by atoms with van der Waals surface area (Å²) < 4.78 is 7.08. The summed E-state index contributed by atoms with van der Waals surface area (Å²) in [5, 5.41) is 8.12. The highest BCUT2D eigenvalue weighted by atomic mass is 16.5. The number of anilines is 1. The average Bonchev–Trinajstić information content (AvgIpc) is 2.80. The molecule has 0 saturated heterocycles. The highest BCUT2D eigenvalue weighted by Gasteiger charge is 2.16. The van der Waals surface area contributed by atoms with Crippen molar-refractivity contribution in [2.45, 2.75) is 20.1 Å². The van der Waals surface area contributed by atoms with E-state index < -0.39 is 0 Å². The third kappa shape index (κ3) is 4.07. The van der Waals surface area contributed by atoms with E-state index >= 15 is 0 Å². The van der Waals surface area contributed by atoms with Crippen molar-refractivity contribution in [1.82, 2.24) is 9.78 Å². The predicted octanol–water partition coefficient (Wildman–Crippen LogP) is 4.25. The molecule has 1 aromatic heterocycles. The van der Waals surface area contributed by atoms with E-state index in [1.54, 1.807) is 48.5 Å². The van der Waals surface area contributed by atoms with Crippen LogP contribution in [0.3, 0.4) is 0 Å². The van der Waals surface area contributed by atoms with Gasteiger partial charge >= 0.3 is 0 Å². The van der Waals surface area contributed by atoms with Gasteiger partial charge in [-0.3, -0.25) is 9.59 Å². The Balaban J connectivity index is 1.52. The maximum Gasteiger partial charge on any atom is 0.276 e. The van der Waals surface area contributed by atoms with Gasteiger partial charge in [0.05, 0.1) is 5.39 Å². The normalized spacial score (nSPS) is 10.7. The van der Waals surface area contributed by atoms with Crippen LogP contribution in [0, 0.1) is 0 Å². The molecule has 1 heterocycles. The summed E-state index contributed by atoms with van der Waals surface area (Å²) in [6.07, 6.45) is 0. The van der Waals surface area contributed by atoms with Gasteiger partial charge in [0.1, 0.15) is 12.4 Å². The first kappa shape index (κ1) is 19.4. The molecule has 0 aliphatic heterocycles. The highest BCUT2D eigenvalue weighted by Crippen LogP contribution is 2.19. The van der Waals surface area contributed by atoms with Gasteiger partial charge in [-0.25, -0.2) is 4.68 Å². The van der Waals surface area contributed by atoms with Crippen molar-refractivity contribution in [3.63, 3.8) is 0 Å². The van der Waals surface area contributed by atoms with E-state index in [1.807, 2.05) is 37.3 Å². The molecule has 1 amide bonds. The van der Waals surface area contributed by atoms with Crippen LogP contribution in [0.5, 0.6) is 5.75 Å². The quantitative estimate of drug-likeness (QED) is 0.526. The van der Waals surface area contributed by atoms with Crippen LogP contribution in [0.15, 0.2) is 83.7 Å². The molecule has 3 aromatic carbocycles. The Labute approximate surface area is 173 Å². The van der Waals surface area contributed by atoms with Gasteiger partial charge < -0.3 is 10.1 Å². The largest absolute Gasteiger partial charge is 0.489 e. The van der Waals surface area contributed by atoms with Crippen LogP contribution in [0.25, 0.3) is 10.8 Å². The van der Waals surface area contributed by atoms with Gasteiger partial charge in [0.15, 0.2) is 5.69 Å². The van der Waals surface area contributed by atoms with E-state index in [0.717, 1.165) is 5.56 Å². The minimum absolute atomic E-state index is 0.204. The van der Waals surface area contributed by atoms with Gasteiger partial charge in [-0.1, -0.05) is 48.5 Å². The Morgan fingerprint density at radius 1 is 0.933 bits per heavy atom. The lowest BCUT2D eigenvalue weighted by atomic mass is 10.1. The third-order valence-corrected chi connectivity index (χ3v) is 4.74. The van der Waals surface area contributed by atoms with Crippen LogP contribution < -0.4 is 15.6 Å². The van der Waals surface area contributed by atoms with Crippen molar-refractivity contribution >= 4 is 22.4 Å². The van der Waals surface area contributed by atoms with E-state index in [4.69, 9.17) is 4.74 Å². The molecule has 0 saturated carbocycles. The molecule has 4 aromatic rings. The summed E-state index contributed by atoms with van der Waals surface area (Å²) in [6.45, 7) is 2.68.